The molecule has 1 aliphatic rings. The summed E-state index contributed by atoms with van der Waals surface area (Å²) in [5.41, 5.74) is 4.90. The fourth-order valence-electron chi connectivity index (χ4n) is 3.27. The Morgan fingerprint density at radius 3 is 2.31 bits per heavy atom. The Hall–Kier alpha value is -3.01. The Labute approximate surface area is 214 Å². The van der Waals surface area contributed by atoms with Gasteiger partial charge in [0.05, 0.1) is 24.7 Å². The Morgan fingerprint density at radius 2 is 1.74 bits per heavy atom. The van der Waals surface area contributed by atoms with Gasteiger partial charge in [0.15, 0.2) is 0 Å². The van der Waals surface area contributed by atoms with E-state index in [0.29, 0.717) is 16.3 Å². The summed E-state index contributed by atoms with van der Waals surface area (Å²) in [5, 5.41) is 4.59. The predicted octanol–water partition coefficient (Wildman–Crippen LogP) is 4.56. The first-order chi connectivity index (χ1) is 16.8. The second kappa shape index (κ2) is 11.2. The molecule has 0 atom stereocenters. The number of carbonyl (C=O) groups is 1. The quantitative estimate of drug-likeness (QED) is 0.324. The van der Waals surface area contributed by atoms with E-state index >= 15 is 0 Å². The van der Waals surface area contributed by atoms with Crippen LogP contribution in [0.15, 0.2) is 77.9 Å². The summed E-state index contributed by atoms with van der Waals surface area (Å²) in [5.74, 6) is 2.45. The Kier molecular flexibility index (Phi) is 8.00. The molecule has 4 rings (SSSR count). The van der Waals surface area contributed by atoms with E-state index in [4.69, 9.17) is 16.3 Å². The number of benzene rings is 3. The fraction of sp³-hybridized carbons (Fsp3) is 0.200. The van der Waals surface area contributed by atoms with Crippen LogP contribution in [0.1, 0.15) is 21.5 Å². The number of ether oxygens (including phenoxy) is 1. The number of hydrogen-bond donors (Lipinski definition) is 1. The van der Waals surface area contributed by atoms with Crippen LogP contribution in [0.2, 0.25) is 5.02 Å². The van der Waals surface area contributed by atoms with Crippen molar-refractivity contribution in [1.82, 2.24) is 5.43 Å². The van der Waals surface area contributed by atoms with E-state index in [1.54, 1.807) is 54.7 Å². The monoisotopic (exact) mass is 529 g/mol. The fourth-order valence-corrected chi connectivity index (χ4v) is 4.85. The third kappa shape index (κ3) is 7.00. The minimum atomic E-state index is -3.55. The largest absolute Gasteiger partial charge is 0.489 e. The SMILES string of the molecule is CS(=O)(=O)N(Cc1ccc(Cl)cc1)c1ccc(C(=O)N/N=C\c2ccc(OC3CSC3)cc2)cc1. The topological polar surface area (TPSA) is 88.1 Å². The van der Waals surface area contributed by atoms with Crippen LogP contribution in [0.5, 0.6) is 5.75 Å². The summed E-state index contributed by atoms with van der Waals surface area (Å²) in [6.07, 6.45) is 2.97. The molecule has 0 aromatic heterocycles. The maximum atomic E-state index is 12.5. The van der Waals surface area contributed by atoms with E-state index in [9.17, 15) is 13.2 Å². The van der Waals surface area contributed by atoms with Crippen molar-refractivity contribution < 1.29 is 17.9 Å². The number of nitrogens with zero attached hydrogens (tertiary/aromatic N) is 2. The van der Waals surface area contributed by atoms with Crippen molar-refractivity contribution in [1.29, 1.82) is 0 Å². The number of sulfonamides is 1. The molecule has 182 valence electrons. The van der Waals surface area contributed by atoms with Gasteiger partial charge in [-0.3, -0.25) is 9.10 Å². The molecule has 1 amide bonds. The maximum Gasteiger partial charge on any atom is 0.271 e. The molecule has 1 fully saturated rings. The minimum absolute atomic E-state index is 0.148. The lowest BCUT2D eigenvalue weighted by molar-refractivity contribution is 0.0955. The molecule has 3 aromatic carbocycles. The first-order valence-electron chi connectivity index (χ1n) is 10.8. The second-order valence-electron chi connectivity index (χ2n) is 7.99. The number of carbonyl (C=O) groups excluding carboxylic acids is 1. The van der Waals surface area contributed by atoms with Crippen molar-refractivity contribution in [3.63, 3.8) is 0 Å². The minimum Gasteiger partial charge on any atom is -0.489 e. The summed E-state index contributed by atoms with van der Waals surface area (Å²) in [4.78, 5) is 12.5. The third-order valence-electron chi connectivity index (χ3n) is 5.23. The zero-order valence-electron chi connectivity index (χ0n) is 18.9. The van der Waals surface area contributed by atoms with E-state index < -0.39 is 15.9 Å². The average molecular weight is 530 g/mol. The molecule has 1 N–H and O–H groups in total. The summed E-state index contributed by atoms with van der Waals surface area (Å²) in [7, 11) is -3.55. The second-order valence-corrected chi connectivity index (χ2v) is 11.4. The normalized spacial score (nSPS) is 13.9. The molecule has 0 spiro atoms. The summed E-state index contributed by atoms with van der Waals surface area (Å²) in [6, 6.07) is 20.8. The number of nitrogens with one attached hydrogen (secondary N) is 1. The van der Waals surface area contributed by atoms with Gasteiger partial charge in [0.25, 0.3) is 5.91 Å². The van der Waals surface area contributed by atoms with Gasteiger partial charge in [-0.2, -0.15) is 16.9 Å². The highest BCUT2D eigenvalue weighted by Crippen LogP contribution is 2.24. The van der Waals surface area contributed by atoms with Crippen molar-refractivity contribution in [2.75, 3.05) is 22.1 Å². The molecule has 0 radical (unpaired) electrons. The van der Waals surface area contributed by atoms with Crippen LogP contribution in [-0.4, -0.2) is 44.4 Å². The molecule has 7 nitrogen and oxygen atoms in total. The van der Waals surface area contributed by atoms with Crippen molar-refractivity contribution >= 4 is 51.2 Å². The van der Waals surface area contributed by atoms with Gasteiger partial charge in [0.2, 0.25) is 10.0 Å². The zero-order chi connectivity index (χ0) is 24.8. The van der Waals surface area contributed by atoms with Crippen LogP contribution in [0.3, 0.4) is 0 Å². The van der Waals surface area contributed by atoms with E-state index in [2.05, 4.69) is 10.5 Å². The number of thioether (sulfide) groups is 1. The number of amides is 1. The van der Waals surface area contributed by atoms with Gasteiger partial charge in [-0.05, 0) is 71.8 Å². The number of anilines is 1. The van der Waals surface area contributed by atoms with Gasteiger partial charge in [0, 0.05) is 22.1 Å². The van der Waals surface area contributed by atoms with Crippen LogP contribution in [-0.2, 0) is 16.6 Å². The molecule has 0 bridgehead atoms. The lowest BCUT2D eigenvalue weighted by Crippen LogP contribution is -2.30. The molecule has 10 heteroatoms. The van der Waals surface area contributed by atoms with E-state index in [-0.39, 0.29) is 12.6 Å². The number of hydrogen-bond acceptors (Lipinski definition) is 6. The van der Waals surface area contributed by atoms with E-state index in [1.165, 1.54) is 4.31 Å². The zero-order valence-corrected chi connectivity index (χ0v) is 21.3. The molecule has 3 aromatic rings. The lowest BCUT2D eigenvalue weighted by Gasteiger charge is -2.25. The van der Waals surface area contributed by atoms with E-state index in [1.807, 2.05) is 36.0 Å². The molecule has 1 heterocycles. The Morgan fingerprint density at radius 1 is 1.09 bits per heavy atom. The molecular weight excluding hydrogens is 506 g/mol. The molecular formula is C25H24ClN3O4S2. The average Bonchev–Trinajstić information content (AvgIpc) is 2.81. The van der Waals surface area contributed by atoms with Crippen molar-refractivity contribution in [2.45, 2.75) is 12.6 Å². The number of hydrazone groups is 1. The predicted molar refractivity (Wildman–Crippen MR) is 142 cm³/mol. The first-order valence-corrected chi connectivity index (χ1v) is 14.2. The van der Waals surface area contributed by atoms with Crippen molar-refractivity contribution in [2.24, 2.45) is 5.10 Å². The van der Waals surface area contributed by atoms with Crippen LogP contribution in [0.4, 0.5) is 5.69 Å². The Bertz CT molecular complexity index is 1290. The smallest absolute Gasteiger partial charge is 0.271 e. The summed E-state index contributed by atoms with van der Waals surface area (Å²) in [6.45, 7) is 0.148. The molecule has 35 heavy (non-hydrogen) atoms. The molecule has 1 aliphatic heterocycles. The highest BCUT2D eigenvalue weighted by molar-refractivity contribution is 8.00. The highest BCUT2D eigenvalue weighted by atomic mass is 35.5. The molecule has 1 saturated heterocycles. The van der Waals surface area contributed by atoms with Crippen molar-refractivity contribution in [3.8, 4) is 5.75 Å². The van der Waals surface area contributed by atoms with Gasteiger partial charge in [0.1, 0.15) is 11.9 Å². The van der Waals surface area contributed by atoms with Gasteiger partial charge < -0.3 is 4.74 Å². The first kappa shape index (κ1) is 25.1. The van der Waals surface area contributed by atoms with Crippen LogP contribution < -0.4 is 14.5 Å². The third-order valence-corrected chi connectivity index (χ3v) is 7.83. The van der Waals surface area contributed by atoms with Gasteiger partial charge >= 0.3 is 0 Å². The summed E-state index contributed by atoms with van der Waals surface area (Å²) >= 11 is 7.78. The lowest BCUT2D eigenvalue weighted by atomic mass is 10.2. The molecule has 0 saturated carbocycles. The highest BCUT2D eigenvalue weighted by Gasteiger charge is 2.20. The Balaban J connectivity index is 1.36. The number of halogens is 1. The van der Waals surface area contributed by atoms with Crippen LogP contribution >= 0.6 is 23.4 Å². The molecule has 0 aliphatic carbocycles. The van der Waals surface area contributed by atoms with Crippen LogP contribution in [0.25, 0.3) is 0 Å². The van der Waals surface area contributed by atoms with Gasteiger partial charge in [-0.25, -0.2) is 13.8 Å². The van der Waals surface area contributed by atoms with E-state index in [0.717, 1.165) is 34.6 Å². The number of rotatable bonds is 9. The van der Waals surface area contributed by atoms with Crippen molar-refractivity contribution in [3.05, 3.63) is 94.5 Å². The molecule has 0 unspecified atom stereocenters. The maximum absolute atomic E-state index is 12.5. The van der Waals surface area contributed by atoms with Crippen LogP contribution in [0, 0.1) is 0 Å². The van der Waals surface area contributed by atoms with Gasteiger partial charge in [-0.15, -0.1) is 0 Å². The standard InChI is InChI=1S/C25H24ClN3O4S2/c1-35(31,32)29(15-19-2-8-21(26)9-3-19)22-10-6-20(7-11-22)25(30)28-27-14-18-4-12-23(13-5-18)33-24-16-34-17-24/h2-14,24H,15-17H2,1H3,(H,28,30)/b27-14-. The van der Waals surface area contributed by atoms with Gasteiger partial charge in [-0.1, -0.05) is 23.7 Å². The summed E-state index contributed by atoms with van der Waals surface area (Å²) < 4.78 is 31.8.